The first-order chi connectivity index (χ1) is 15.7. The summed E-state index contributed by atoms with van der Waals surface area (Å²) in [4.78, 5) is 32.5. The summed E-state index contributed by atoms with van der Waals surface area (Å²) < 4.78 is 0. The maximum absolute atomic E-state index is 13.7. The minimum atomic E-state index is -0.533. The maximum atomic E-state index is 13.7. The van der Waals surface area contributed by atoms with E-state index < -0.39 is 6.04 Å². The Balaban J connectivity index is 1.45. The fraction of sp³-hybridized carbons (Fsp3) is 0.423. The van der Waals surface area contributed by atoms with E-state index >= 15 is 0 Å². The second-order valence-electron chi connectivity index (χ2n) is 8.62. The molecule has 166 valence electrons. The number of likely N-dealkylation sites (tertiary alicyclic amines) is 1. The van der Waals surface area contributed by atoms with Crippen LogP contribution in [0.1, 0.15) is 48.4 Å². The van der Waals surface area contributed by atoms with Crippen molar-refractivity contribution in [3.8, 4) is 6.07 Å². The van der Waals surface area contributed by atoms with Gasteiger partial charge in [0.05, 0.1) is 11.6 Å². The predicted octanol–water partition coefficient (Wildman–Crippen LogP) is 3.35. The molecule has 0 aliphatic carbocycles. The Morgan fingerprint density at radius 3 is 2.41 bits per heavy atom. The lowest BCUT2D eigenvalue weighted by Crippen LogP contribution is -2.48. The summed E-state index contributed by atoms with van der Waals surface area (Å²) in [6, 6.07) is 19.1. The molecule has 4 rings (SSSR count). The van der Waals surface area contributed by atoms with Gasteiger partial charge in [-0.05, 0) is 42.5 Å². The van der Waals surface area contributed by atoms with Gasteiger partial charge in [0.15, 0.2) is 0 Å². The SMILES string of the molecule is N#Cc1ccc(CN2CCCN(C(=O)C(c3ccccc3)N3CCCCC3=O)CC2)cc1. The lowest BCUT2D eigenvalue weighted by atomic mass is 10.00. The van der Waals surface area contributed by atoms with Crippen LogP contribution in [0.3, 0.4) is 0 Å². The molecule has 2 aromatic carbocycles. The molecule has 6 heteroatoms. The summed E-state index contributed by atoms with van der Waals surface area (Å²) in [6.45, 7) is 4.52. The molecule has 2 fully saturated rings. The van der Waals surface area contributed by atoms with E-state index in [2.05, 4.69) is 11.0 Å². The molecule has 2 saturated heterocycles. The average Bonchev–Trinajstić information content (AvgIpc) is 3.07. The van der Waals surface area contributed by atoms with Crippen molar-refractivity contribution in [2.45, 2.75) is 38.3 Å². The standard InChI is InChI=1S/C26H30N4O2/c27-19-21-10-12-22(13-11-21)20-28-14-6-15-29(18-17-28)26(32)25(23-7-2-1-3-8-23)30-16-5-4-9-24(30)31/h1-3,7-8,10-13,25H,4-6,9,14-18,20H2. The smallest absolute Gasteiger partial charge is 0.250 e. The second kappa shape index (κ2) is 10.4. The first-order valence-corrected chi connectivity index (χ1v) is 11.5. The van der Waals surface area contributed by atoms with Crippen LogP contribution in [-0.2, 0) is 16.1 Å². The molecule has 1 atom stereocenters. The van der Waals surface area contributed by atoms with Crippen molar-refractivity contribution in [3.63, 3.8) is 0 Å². The molecule has 0 spiro atoms. The zero-order valence-electron chi connectivity index (χ0n) is 18.4. The van der Waals surface area contributed by atoms with Crippen LogP contribution >= 0.6 is 0 Å². The van der Waals surface area contributed by atoms with Crippen LogP contribution in [0.25, 0.3) is 0 Å². The van der Waals surface area contributed by atoms with Crippen LogP contribution in [0.15, 0.2) is 54.6 Å². The molecule has 0 radical (unpaired) electrons. The normalized spacial score (nSPS) is 18.7. The fourth-order valence-electron chi connectivity index (χ4n) is 4.66. The first kappa shape index (κ1) is 22.0. The van der Waals surface area contributed by atoms with E-state index in [1.54, 1.807) is 4.90 Å². The average molecular weight is 431 g/mol. The monoisotopic (exact) mass is 430 g/mol. The summed E-state index contributed by atoms with van der Waals surface area (Å²) >= 11 is 0. The van der Waals surface area contributed by atoms with Crippen molar-refractivity contribution in [1.82, 2.24) is 14.7 Å². The van der Waals surface area contributed by atoms with Gasteiger partial charge in [0, 0.05) is 45.7 Å². The van der Waals surface area contributed by atoms with Crippen LogP contribution in [0, 0.1) is 11.3 Å². The fourth-order valence-corrected chi connectivity index (χ4v) is 4.66. The van der Waals surface area contributed by atoms with Crippen LogP contribution in [0.4, 0.5) is 0 Å². The topological polar surface area (TPSA) is 67.7 Å². The molecule has 2 aliphatic rings. The largest absolute Gasteiger partial charge is 0.339 e. The number of hydrogen-bond donors (Lipinski definition) is 0. The second-order valence-corrected chi connectivity index (χ2v) is 8.62. The van der Waals surface area contributed by atoms with E-state index in [4.69, 9.17) is 5.26 Å². The molecule has 1 unspecified atom stereocenters. The molecule has 0 bridgehead atoms. The predicted molar refractivity (Wildman–Crippen MR) is 122 cm³/mol. The number of benzene rings is 2. The summed E-state index contributed by atoms with van der Waals surface area (Å²) in [6.07, 6.45) is 3.27. The van der Waals surface area contributed by atoms with Crippen LogP contribution in [0.5, 0.6) is 0 Å². The van der Waals surface area contributed by atoms with Crippen LogP contribution in [-0.4, -0.2) is 59.2 Å². The van der Waals surface area contributed by atoms with E-state index in [9.17, 15) is 9.59 Å². The quantitative estimate of drug-likeness (QED) is 0.730. The maximum Gasteiger partial charge on any atom is 0.250 e. The third kappa shape index (κ3) is 5.17. The molecule has 32 heavy (non-hydrogen) atoms. The molecule has 0 N–H and O–H groups in total. The Labute approximate surface area is 190 Å². The van der Waals surface area contributed by atoms with Gasteiger partial charge in [-0.15, -0.1) is 0 Å². The first-order valence-electron chi connectivity index (χ1n) is 11.5. The Kier molecular flexibility index (Phi) is 7.18. The van der Waals surface area contributed by atoms with Gasteiger partial charge in [-0.1, -0.05) is 42.5 Å². The number of amides is 2. The molecule has 2 aliphatic heterocycles. The highest BCUT2D eigenvalue weighted by atomic mass is 16.2. The Hall–Kier alpha value is -3.17. The number of nitrogens with zero attached hydrogens (tertiary/aromatic N) is 4. The zero-order valence-corrected chi connectivity index (χ0v) is 18.4. The molecule has 2 aromatic rings. The summed E-state index contributed by atoms with van der Waals surface area (Å²) in [7, 11) is 0. The Morgan fingerprint density at radius 1 is 0.906 bits per heavy atom. The number of nitriles is 1. The molecule has 2 amide bonds. The highest BCUT2D eigenvalue weighted by Gasteiger charge is 2.35. The lowest BCUT2D eigenvalue weighted by molar-refractivity contribution is -0.147. The highest BCUT2D eigenvalue weighted by Crippen LogP contribution is 2.28. The molecule has 6 nitrogen and oxygen atoms in total. The van der Waals surface area contributed by atoms with Crippen molar-refractivity contribution in [2.24, 2.45) is 0 Å². The molecule has 0 aromatic heterocycles. The van der Waals surface area contributed by atoms with Crippen LogP contribution < -0.4 is 0 Å². The summed E-state index contributed by atoms with van der Waals surface area (Å²) in [5.41, 5.74) is 2.73. The third-order valence-electron chi connectivity index (χ3n) is 6.41. The van der Waals surface area contributed by atoms with Crippen molar-refractivity contribution < 1.29 is 9.59 Å². The van der Waals surface area contributed by atoms with Crippen LogP contribution in [0.2, 0.25) is 0 Å². The van der Waals surface area contributed by atoms with E-state index in [0.29, 0.717) is 31.6 Å². The minimum absolute atomic E-state index is 0.0340. The summed E-state index contributed by atoms with van der Waals surface area (Å²) in [5, 5.41) is 8.98. The van der Waals surface area contributed by atoms with E-state index in [1.165, 1.54) is 5.56 Å². The van der Waals surface area contributed by atoms with Gasteiger partial charge < -0.3 is 9.80 Å². The van der Waals surface area contributed by atoms with Crippen molar-refractivity contribution in [3.05, 3.63) is 71.3 Å². The van der Waals surface area contributed by atoms with Gasteiger partial charge >= 0.3 is 0 Å². The molecular formula is C26H30N4O2. The van der Waals surface area contributed by atoms with E-state index in [1.807, 2.05) is 59.5 Å². The lowest BCUT2D eigenvalue weighted by Gasteiger charge is -2.37. The van der Waals surface area contributed by atoms with Gasteiger partial charge in [0.2, 0.25) is 11.8 Å². The van der Waals surface area contributed by atoms with Gasteiger partial charge in [-0.3, -0.25) is 14.5 Å². The number of piperidine rings is 1. The van der Waals surface area contributed by atoms with E-state index in [-0.39, 0.29) is 11.8 Å². The number of rotatable bonds is 5. The van der Waals surface area contributed by atoms with Gasteiger partial charge in [0.1, 0.15) is 6.04 Å². The van der Waals surface area contributed by atoms with Crippen molar-refractivity contribution >= 4 is 11.8 Å². The van der Waals surface area contributed by atoms with Crippen molar-refractivity contribution in [1.29, 1.82) is 5.26 Å². The zero-order chi connectivity index (χ0) is 22.3. The number of carbonyl (C=O) groups excluding carboxylic acids is 2. The number of hydrogen-bond acceptors (Lipinski definition) is 4. The molecule has 2 heterocycles. The van der Waals surface area contributed by atoms with Crippen molar-refractivity contribution in [2.75, 3.05) is 32.7 Å². The Bertz CT molecular complexity index is 968. The van der Waals surface area contributed by atoms with Gasteiger partial charge in [-0.25, -0.2) is 0 Å². The Morgan fingerprint density at radius 2 is 1.69 bits per heavy atom. The minimum Gasteiger partial charge on any atom is -0.339 e. The molecule has 0 saturated carbocycles. The molecular weight excluding hydrogens is 400 g/mol. The summed E-state index contributed by atoms with van der Waals surface area (Å²) in [5.74, 6) is 0.113. The van der Waals surface area contributed by atoms with Gasteiger partial charge in [0.25, 0.3) is 0 Å². The third-order valence-corrected chi connectivity index (χ3v) is 6.41. The van der Waals surface area contributed by atoms with E-state index in [0.717, 1.165) is 44.5 Å². The van der Waals surface area contributed by atoms with Gasteiger partial charge in [-0.2, -0.15) is 5.26 Å². The number of carbonyl (C=O) groups is 2. The highest BCUT2D eigenvalue weighted by molar-refractivity contribution is 5.89.